The number of H-pyrrole nitrogens is 2. The van der Waals surface area contributed by atoms with E-state index in [-0.39, 0.29) is 30.8 Å². The zero-order valence-corrected chi connectivity index (χ0v) is 16.3. The molecule has 0 radical (unpaired) electrons. The highest BCUT2D eigenvalue weighted by Crippen LogP contribution is 2.27. The average Bonchev–Trinajstić information content (AvgIpc) is 3.27. The van der Waals surface area contributed by atoms with Gasteiger partial charge in [0.05, 0.1) is 23.7 Å². The number of ether oxygens (including phenoxy) is 1. The van der Waals surface area contributed by atoms with Crippen LogP contribution in [0.5, 0.6) is 0 Å². The maximum Gasteiger partial charge on any atom is 0.330 e. The second kappa shape index (κ2) is 8.34. The molecule has 12 nitrogen and oxygen atoms in total. The Labute approximate surface area is 173 Å². The SMILES string of the molecule is O=C(NCCn1c(=O)[nH]c2ccccc21)c1cn([C@H]2C[C@@H](O)[C@@H](CO)O2)c(=O)[nH]c1=O. The molecule has 1 aliphatic heterocycles. The summed E-state index contributed by atoms with van der Waals surface area (Å²) < 4.78 is 7.88. The smallest absolute Gasteiger partial charge is 0.330 e. The number of rotatable bonds is 6. The molecule has 0 unspecified atom stereocenters. The number of amides is 1. The van der Waals surface area contributed by atoms with Crippen LogP contribution in [0.1, 0.15) is 23.0 Å². The van der Waals surface area contributed by atoms with Crippen molar-refractivity contribution in [3.05, 3.63) is 67.3 Å². The molecule has 5 N–H and O–H groups in total. The van der Waals surface area contributed by atoms with Crippen LogP contribution in [0.25, 0.3) is 11.0 Å². The number of aromatic amines is 2. The Morgan fingerprint density at radius 1 is 1.19 bits per heavy atom. The predicted molar refractivity (Wildman–Crippen MR) is 108 cm³/mol. The van der Waals surface area contributed by atoms with Crippen molar-refractivity contribution in [2.24, 2.45) is 0 Å². The van der Waals surface area contributed by atoms with E-state index in [1.54, 1.807) is 24.3 Å². The number of hydrogen-bond acceptors (Lipinski definition) is 7. The third-order valence-corrected chi connectivity index (χ3v) is 5.21. The van der Waals surface area contributed by atoms with Gasteiger partial charge in [0.2, 0.25) is 0 Å². The van der Waals surface area contributed by atoms with E-state index >= 15 is 0 Å². The number of nitrogens with zero attached hydrogens (tertiary/aromatic N) is 2. The first-order chi connectivity index (χ1) is 14.9. The predicted octanol–water partition coefficient (Wildman–Crippen LogP) is -1.75. The topological polar surface area (TPSA) is 171 Å². The van der Waals surface area contributed by atoms with Crippen LogP contribution in [0.3, 0.4) is 0 Å². The number of benzene rings is 1. The van der Waals surface area contributed by atoms with Gasteiger partial charge >= 0.3 is 11.4 Å². The minimum atomic E-state index is -0.986. The lowest BCUT2D eigenvalue weighted by atomic mass is 10.2. The third kappa shape index (κ3) is 3.95. The van der Waals surface area contributed by atoms with Gasteiger partial charge in [0.15, 0.2) is 0 Å². The van der Waals surface area contributed by atoms with E-state index < -0.39 is 42.2 Å². The number of aliphatic hydroxyl groups is 2. The molecule has 4 rings (SSSR count). The first-order valence-electron chi connectivity index (χ1n) is 9.64. The van der Waals surface area contributed by atoms with Crippen LogP contribution in [0.4, 0.5) is 0 Å². The zero-order chi connectivity index (χ0) is 22.1. The van der Waals surface area contributed by atoms with Crippen LogP contribution < -0.4 is 22.3 Å². The summed E-state index contributed by atoms with van der Waals surface area (Å²) in [7, 11) is 0. The number of aliphatic hydroxyl groups excluding tert-OH is 2. The van der Waals surface area contributed by atoms with Gasteiger partial charge in [0.1, 0.15) is 17.9 Å². The zero-order valence-electron chi connectivity index (χ0n) is 16.3. The van der Waals surface area contributed by atoms with Gasteiger partial charge < -0.3 is 25.3 Å². The van der Waals surface area contributed by atoms with Gasteiger partial charge in [-0.2, -0.15) is 0 Å². The fraction of sp³-hybridized carbons (Fsp3) is 0.368. The van der Waals surface area contributed by atoms with E-state index in [9.17, 15) is 29.4 Å². The largest absolute Gasteiger partial charge is 0.394 e. The molecule has 3 atom stereocenters. The van der Waals surface area contributed by atoms with Crippen molar-refractivity contribution in [1.82, 2.24) is 24.4 Å². The lowest BCUT2D eigenvalue weighted by molar-refractivity contribution is -0.0459. The normalized spacial score (nSPS) is 20.9. The summed E-state index contributed by atoms with van der Waals surface area (Å²) in [5.74, 6) is -0.736. The van der Waals surface area contributed by atoms with Gasteiger partial charge in [-0.25, -0.2) is 9.59 Å². The molecule has 1 amide bonds. The number of imidazole rings is 1. The quantitative estimate of drug-likeness (QED) is 0.308. The molecular weight excluding hydrogens is 410 g/mol. The summed E-state index contributed by atoms with van der Waals surface area (Å²) >= 11 is 0. The van der Waals surface area contributed by atoms with Gasteiger partial charge in [-0.1, -0.05) is 12.1 Å². The van der Waals surface area contributed by atoms with Crippen LogP contribution >= 0.6 is 0 Å². The molecule has 1 saturated heterocycles. The van der Waals surface area contributed by atoms with E-state index in [2.05, 4.69) is 15.3 Å². The van der Waals surface area contributed by atoms with Gasteiger partial charge in [-0.15, -0.1) is 0 Å². The number of para-hydroxylation sites is 2. The van der Waals surface area contributed by atoms with E-state index in [0.717, 1.165) is 10.8 Å². The minimum absolute atomic E-state index is 0.0156. The second-order valence-electron chi connectivity index (χ2n) is 7.18. The second-order valence-corrected chi connectivity index (χ2v) is 7.18. The molecule has 2 aromatic heterocycles. The summed E-state index contributed by atoms with van der Waals surface area (Å²) in [5.41, 5.74) is -0.970. The Morgan fingerprint density at radius 3 is 2.71 bits per heavy atom. The molecule has 3 aromatic rings. The first kappa shape index (κ1) is 20.8. The molecule has 0 aliphatic carbocycles. The number of nitrogens with one attached hydrogen (secondary N) is 3. The summed E-state index contributed by atoms with van der Waals surface area (Å²) in [6.45, 7) is -0.205. The molecule has 0 bridgehead atoms. The minimum Gasteiger partial charge on any atom is -0.394 e. The first-order valence-corrected chi connectivity index (χ1v) is 9.64. The Kier molecular flexibility index (Phi) is 5.59. The van der Waals surface area contributed by atoms with E-state index in [1.807, 2.05) is 0 Å². The summed E-state index contributed by atoms with van der Waals surface area (Å²) in [4.78, 5) is 53.7. The number of carbonyl (C=O) groups is 1. The number of fused-ring (bicyclic) bond motifs is 1. The lowest BCUT2D eigenvalue weighted by Crippen LogP contribution is -2.39. The number of hydrogen-bond donors (Lipinski definition) is 5. The molecule has 164 valence electrons. The van der Waals surface area contributed by atoms with E-state index in [1.165, 1.54) is 4.57 Å². The van der Waals surface area contributed by atoms with Gasteiger partial charge in [0.25, 0.3) is 11.5 Å². The van der Waals surface area contributed by atoms with Crippen LogP contribution in [0.15, 0.2) is 44.8 Å². The lowest BCUT2D eigenvalue weighted by Gasteiger charge is -2.15. The maximum absolute atomic E-state index is 12.5. The third-order valence-electron chi connectivity index (χ3n) is 5.21. The van der Waals surface area contributed by atoms with Gasteiger partial charge in [0, 0.05) is 25.7 Å². The monoisotopic (exact) mass is 431 g/mol. The van der Waals surface area contributed by atoms with Crippen molar-refractivity contribution in [2.75, 3.05) is 13.2 Å². The molecule has 3 heterocycles. The fourth-order valence-electron chi connectivity index (χ4n) is 3.62. The van der Waals surface area contributed by atoms with Crippen LogP contribution in [0.2, 0.25) is 0 Å². The standard InChI is InChI=1S/C19H21N5O7/c25-9-14-13(26)7-15(31-14)24-8-10(17(28)22-19(24)30)16(27)20-5-6-23-12-4-2-1-3-11(12)21-18(23)29/h1-4,8,13-15,25-26H,5-7,9H2,(H,20,27)(H,21,29)(H,22,28,30)/t13-,14-,15-/m1/s1. The van der Waals surface area contributed by atoms with Gasteiger partial charge in [-0.05, 0) is 12.1 Å². The van der Waals surface area contributed by atoms with E-state index in [4.69, 9.17) is 4.74 Å². The summed E-state index contributed by atoms with van der Waals surface area (Å²) in [5, 5.41) is 21.6. The number of carbonyl (C=O) groups excluding carboxylic acids is 1. The van der Waals surface area contributed by atoms with Gasteiger partial charge in [-0.3, -0.25) is 23.7 Å². The number of aromatic nitrogens is 4. The van der Waals surface area contributed by atoms with Crippen molar-refractivity contribution < 1.29 is 19.7 Å². The Bertz CT molecular complexity index is 1290. The van der Waals surface area contributed by atoms with Crippen LogP contribution in [0, 0.1) is 0 Å². The highest BCUT2D eigenvalue weighted by Gasteiger charge is 2.35. The maximum atomic E-state index is 12.5. The molecule has 0 spiro atoms. The van der Waals surface area contributed by atoms with Crippen LogP contribution in [-0.2, 0) is 11.3 Å². The van der Waals surface area contributed by atoms with Crippen molar-refractivity contribution >= 4 is 16.9 Å². The van der Waals surface area contributed by atoms with Crippen molar-refractivity contribution in [2.45, 2.75) is 31.4 Å². The molecular formula is C19H21N5O7. The Hall–Kier alpha value is -3.48. The molecule has 12 heteroatoms. The van der Waals surface area contributed by atoms with E-state index in [0.29, 0.717) is 11.0 Å². The summed E-state index contributed by atoms with van der Waals surface area (Å²) in [6, 6.07) is 7.11. The van der Waals surface area contributed by atoms with Crippen LogP contribution in [-0.4, -0.2) is 60.6 Å². The fourth-order valence-corrected chi connectivity index (χ4v) is 3.62. The van der Waals surface area contributed by atoms with Crippen molar-refractivity contribution in [3.8, 4) is 0 Å². The highest BCUT2D eigenvalue weighted by atomic mass is 16.5. The average molecular weight is 431 g/mol. The molecule has 1 aliphatic rings. The molecule has 0 saturated carbocycles. The van der Waals surface area contributed by atoms with Crippen molar-refractivity contribution in [3.63, 3.8) is 0 Å². The van der Waals surface area contributed by atoms with Crippen molar-refractivity contribution in [1.29, 1.82) is 0 Å². The summed E-state index contributed by atoms with van der Waals surface area (Å²) in [6.07, 6.45) is -1.71. The molecule has 1 aromatic carbocycles. The Balaban J connectivity index is 1.50. The molecule has 31 heavy (non-hydrogen) atoms. The Morgan fingerprint density at radius 2 is 1.97 bits per heavy atom. The highest BCUT2D eigenvalue weighted by molar-refractivity contribution is 5.93. The molecule has 1 fully saturated rings.